The minimum atomic E-state index is -1.65. The molecule has 63 heavy (non-hydrogen) atoms. The fraction of sp³-hybridized carbons (Fsp3) is 0.932. The summed E-state index contributed by atoms with van der Waals surface area (Å²) in [5.74, 6) is -1.01. The van der Waals surface area contributed by atoms with E-state index in [1.54, 1.807) is 0 Å². The predicted molar refractivity (Wildman–Crippen MR) is 213 cm³/mol. The van der Waals surface area contributed by atoms with Crippen molar-refractivity contribution in [3.8, 4) is 0 Å². The smallest absolute Gasteiger partial charge is 0.187 e. The Balaban J connectivity index is 0.851. The largest absolute Gasteiger partial charge is 0.394 e. The van der Waals surface area contributed by atoms with E-state index in [1.165, 1.54) is 0 Å². The molecule has 0 aromatic rings. The number of carbonyl (C=O) groups is 1. The molecule has 11 N–H and O–H groups in total. The third-order valence-corrected chi connectivity index (χ3v) is 17.1. The van der Waals surface area contributed by atoms with Crippen molar-refractivity contribution in [1.82, 2.24) is 0 Å². The van der Waals surface area contributed by atoms with Gasteiger partial charge in [-0.25, -0.2) is 0 Å². The summed E-state index contributed by atoms with van der Waals surface area (Å²) < 4.78 is 40.7. The van der Waals surface area contributed by atoms with Crippen molar-refractivity contribution in [2.24, 2.45) is 46.3 Å². The Kier molecular flexibility index (Phi) is 14.0. The van der Waals surface area contributed by atoms with Crippen molar-refractivity contribution in [3.63, 3.8) is 0 Å². The standard InChI is InChI=1S/C44H70O19/c1-18(15-57-40-37(54)34(51)32(49)28(14-45)61-40)5-10-44(56)19(2)30-27(63-44)13-23-21-12-25(46)24-11-20(6-8-42(24,3)22(21)7-9-43(23,30)4)60-41-38(55)35(52)33(50)29(62-41)17-59-39-36(53)31(48)26(47)16-58-39/h19-24,26-41,45,47-56H,1,5-17H2,2-4H3/t19-,20-,21+,22-,23-,24+,26-,27-,28+,29+,30-,31-,32+,33+,34-,35-,36+,37+,38+,39-,40+,41+,42+,43-,44+/m0/s1. The van der Waals surface area contributed by atoms with Crippen LogP contribution in [0, 0.1) is 46.3 Å². The van der Waals surface area contributed by atoms with Crippen molar-refractivity contribution in [3.05, 3.63) is 12.2 Å². The fourth-order valence-electron chi connectivity index (χ4n) is 13.4. The number of aliphatic hydroxyl groups excluding tert-OH is 10. The summed E-state index contributed by atoms with van der Waals surface area (Å²) in [4.78, 5) is 14.3. The Morgan fingerprint density at radius 2 is 1.43 bits per heavy atom. The first-order chi connectivity index (χ1) is 29.7. The molecule has 0 unspecified atom stereocenters. The maximum absolute atomic E-state index is 14.3. The van der Waals surface area contributed by atoms with E-state index in [1.807, 2.05) is 6.92 Å². The molecule has 25 atom stereocenters. The molecule has 0 amide bonds. The van der Waals surface area contributed by atoms with Crippen molar-refractivity contribution in [2.75, 3.05) is 26.4 Å². The van der Waals surface area contributed by atoms with Gasteiger partial charge in [0.05, 0.1) is 38.6 Å². The molecule has 8 aliphatic rings. The van der Waals surface area contributed by atoms with Gasteiger partial charge in [0.25, 0.3) is 0 Å². The van der Waals surface area contributed by atoms with Gasteiger partial charge < -0.3 is 89.3 Å². The zero-order chi connectivity index (χ0) is 45.5. The van der Waals surface area contributed by atoms with E-state index in [0.29, 0.717) is 37.7 Å². The van der Waals surface area contributed by atoms with Crippen molar-refractivity contribution < 1.29 is 94.1 Å². The van der Waals surface area contributed by atoms with E-state index in [2.05, 4.69) is 20.4 Å². The van der Waals surface area contributed by atoms with Crippen molar-refractivity contribution in [1.29, 1.82) is 0 Å². The summed E-state index contributed by atoms with van der Waals surface area (Å²) in [6.07, 6.45) is -15.4. The lowest BCUT2D eigenvalue weighted by atomic mass is 9.44. The van der Waals surface area contributed by atoms with Crippen molar-refractivity contribution >= 4 is 5.78 Å². The molecule has 360 valence electrons. The van der Waals surface area contributed by atoms with Gasteiger partial charge in [-0.1, -0.05) is 32.9 Å². The monoisotopic (exact) mass is 902 g/mol. The van der Waals surface area contributed by atoms with Crippen molar-refractivity contribution in [2.45, 2.75) is 183 Å². The second kappa shape index (κ2) is 18.3. The van der Waals surface area contributed by atoms with Crippen LogP contribution in [0.5, 0.6) is 0 Å². The van der Waals surface area contributed by atoms with Gasteiger partial charge in [0.15, 0.2) is 24.7 Å². The number of hydrogen-bond acceptors (Lipinski definition) is 19. The summed E-state index contributed by atoms with van der Waals surface area (Å²) in [5, 5.41) is 114. The maximum atomic E-state index is 14.3. The molecule has 8 rings (SSSR count). The van der Waals surface area contributed by atoms with Crippen LogP contribution in [-0.4, -0.2) is 192 Å². The van der Waals surface area contributed by atoms with Gasteiger partial charge in [-0.15, -0.1) is 0 Å². The van der Waals surface area contributed by atoms with Gasteiger partial charge in [0.2, 0.25) is 0 Å². The quantitative estimate of drug-likeness (QED) is 0.0743. The highest BCUT2D eigenvalue weighted by atomic mass is 16.7. The molecular weight excluding hydrogens is 832 g/mol. The van der Waals surface area contributed by atoms with Gasteiger partial charge in [-0.05, 0) is 79.4 Å². The number of hydrogen-bond donors (Lipinski definition) is 11. The van der Waals surface area contributed by atoms with Gasteiger partial charge in [-0.3, -0.25) is 4.79 Å². The summed E-state index contributed by atoms with van der Waals surface area (Å²) >= 11 is 0. The van der Waals surface area contributed by atoms with E-state index in [9.17, 15) is 61.0 Å². The van der Waals surface area contributed by atoms with Crippen LogP contribution < -0.4 is 0 Å². The van der Waals surface area contributed by atoms with Crippen LogP contribution in [0.15, 0.2) is 12.2 Å². The Labute approximate surface area is 366 Å². The number of aliphatic hydroxyl groups is 11. The van der Waals surface area contributed by atoms with E-state index >= 15 is 0 Å². The van der Waals surface area contributed by atoms with Crippen LogP contribution in [0.3, 0.4) is 0 Å². The molecule has 4 aliphatic heterocycles. The highest BCUT2D eigenvalue weighted by Crippen LogP contribution is 2.70. The average molecular weight is 903 g/mol. The van der Waals surface area contributed by atoms with Crippen LogP contribution in [0.1, 0.15) is 78.6 Å². The first kappa shape index (κ1) is 48.2. The van der Waals surface area contributed by atoms with E-state index in [-0.39, 0.29) is 77.9 Å². The Morgan fingerprint density at radius 3 is 2.14 bits per heavy atom. The molecule has 4 heterocycles. The van der Waals surface area contributed by atoms with E-state index in [0.717, 1.165) is 19.3 Å². The van der Waals surface area contributed by atoms with Gasteiger partial charge >= 0.3 is 0 Å². The molecule has 0 radical (unpaired) electrons. The highest BCUT2D eigenvalue weighted by molar-refractivity contribution is 5.83. The van der Waals surface area contributed by atoms with Crippen LogP contribution in [-0.2, 0) is 38.0 Å². The first-order valence-electron chi connectivity index (χ1n) is 22.9. The third kappa shape index (κ3) is 8.51. The van der Waals surface area contributed by atoms with Gasteiger partial charge in [0.1, 0.15) is 72.9 Å². The highest BCUT2D eigenvalue weighted by Gasteiger charge is 2.69. The zero-order valence-corrected chi connectivity index (χ0v) is 36.3. The average Bonchev–Trinajstić information content (AvgIpc) is 3.69. The molecule has 4 saturated carbocycles. The Hall–Kier alpha value is -1.31. The third-order valence-electron chi connectivity index (χ3n) is 17.1. The lowest BCUT2D eigenvalue weighted by Crippen LogP contribution is -2.61. The van der Waals surface area contributed by atoms with Gasteiger partial charge in [-0.2, -0.15) is 0 Å². The summed E-state index contributed by atoms with van der Waals surface area (Å²) in [5.41, 5.74) is 0.151. The molecule has 8 fully saturated rings. The number of carbonyl (C=O) groups excluding carboxylic acids is 1. The summed E-state index contributed by atoms with van der Waals surface area (Å²) in [7, 11) is 0. The summed E-state index contributed by atoms with van der Waals surface area (Å²) in [6, 6.07) is 0. The normalized spacial score (nSPS) is 54.5. The lowest BCUT2D eigenvalue weighted by molar-refractivity contribution is -0.330. The van der Waals surface area contributed by atoms with Gasteiger partial charge in [0, 0.05) is 24.7 Å². The lowest BCUT2D eigenvalue weighted by Gasteiger charge is -2.60. The maximum Gasteiger partial charge on any atom is 0.187 e. The van der Waals surface area contributed by atoms with Crippen LogP contribution in [0.2, 0.25) is 0 Å². The van der Waals surface area contributed by atoms with Crippen LogP contribution in [0.4, 0.5) is 0 Å². The molecule has 19 heteroatoms. The fourth-order valence-corrected chi connectivity index (χ4v) is 13.4. The topological polar surface area (TPSA) is 304 Å². The SMILES string of the molecule is C=C(CC[C@@]1(O)O[C@H]2C[C@H]3[C@@H]4CC(=O)[C@H]5C[C@@H](O[C@@H]6O[C@H](CO[C@@H]7OC[C@H](O)[C@H](O)[C@H]7O)[C@@H](O)[C@H](O)[C@H]6O)CC[C@]5(C)[C@H]4CC[C@]3(C)[C@H]2[C@@H]1C)CO[C@@H]1O[C@H](CO)[C@@H](O)[C@H](O)[C@H]1O. The zero-order valence-electron chi connectivity index (χ0n) is 36.3. The first-order valence-corrected chi connectivity index (χ1v) is 22.9. The number of fused-ring (bicyclic) bond motifs is 7. The number of Topliss-reactive ketones (excluding diaryl/α,β-unsaturated/α-hetero) is 1. The molecule has 0 aromatic carbocycles. The number of rotatable bonds is 12. The molecule has 4 aliphatic carbocycles. The number of ketones is 1. The molecule has 4 saturated heterocycles. The number of ether oxygens (including phenoxy) is 7. The molecule has 19 nitrogen and oxygen atoms in total. The Morgan fingerprint density at radius 1 is 0.778 bits per heavy atom. The second-order valence-electron chi connectivity index (χ2n) is 20.6. The minimum Gasteiger partial charge on any atom is -0.394 e. The Bertz CT molecular complexity index is 1640. The van der Waals surface area contributed by atoms with E-state index in [4.69, 9.17) is 33.2 Å². The minimum absolute atomic E-state index is 0.0490. The predicted octanol–water partition coefficient (Wildman–Crippen LogP) is -2.04. The second-order valence-corrected chi connectivity index (χ2v) is 20.6. The molecule has 0 spiro atoms. The van der Waals surface area contributed by atoms with E-state index < -0.39 is 111 Å². The van der Waals surface area contributed by atoms with Crippen LogP contribution >= 0.6 is 0 Å². The van der Waals surface area contributed by atoms with Crippen LogP contribution in [0.25, 0.3) is 0 Å². The molecule has 0 aromatic heterocycles. The molecular formula is C44H70O19. The molecule has 0 bridgehead atoms. The summed E-state index contributed by atoms with van der Waals surface area (Å²) in [6.45, 7) is 9.35.